The Morgan fingerprint density at radius 1 is 1.25 bits per heavy atom. The largest absolute Gasteiger partial charge is 0.363 e. The lowest BCUT2D eigenvalue weighted by molar-refractivity contribution is -0.135. The second kappa shape index (κ2) is 9.75. The molecule has 28 heavy (non-hydrogen) atoms. The molecule has 1 aromatic heterocycles. The molecular formula is C21H34N6O. The van der Waals surface area contributed by atoms with Crippen molar-refractivity contribution in [1.82, 2.24) is 20.5 Å². The molecule has 1 saturated carbocycles. The van der Waals surface area contributed by atoms with E-state index in [1.165, 1.54) is 19.3 Å². The Balaban J connectivity index is 1.47. The van der Waals surface area contributed by atoms with Gasteiger partial charge in [0, 0.05) is 46.2 Å². The first-order valence-corrected chi connectivity index (χ1v) is 10.5. The van der Waals surface area contributed by atoms with Crippen LogP contribution in [0.3, 0.4) is 0 Å². The maximum absolute atomic E-state index is 12.7. The molecule has 1 atom stereocenters. The summed E-state index contributed by atoms with van der Waals surface area (Å²) in [5.41, 5.74) is 0.967. The van der Waals surface area contributed by atoms with Crippen molar-refractivity contribution in [2.75, 3.05) is 39.1 Å². The van der Waals surface area contributed by atoms with Crippen LogP contribution in [0, 0.1) is 5.92 Å². The van der Waals surface area contributed by atoms with Gasteiger partial charge >= 0.3 is 0 Å². The van der Waals surface area contributed by atoms with E-state index in [1.807, 2.05) is 42.1 Å². The maximum atomic E-state index is 12.7. The highest BCUT2D eigenvalue weighted by Crippen LogP contribution is 2.26. The van der Waals surface area contributed by atoms with Crippen molar-refractivity contribution in [3.8, 4) is 0 Å². The summed E-state index contributed by atoms with van der Waals surface area (Å²) in [5, 5.41) is 6.81. The zero-order valence-electron chi connectivity index (χ0n) is 17.4. The van der Waals surface area contributed by atoms with E-state index in [9.17, 15) is 4.79 Å². The molecule has 1 amide bonds. The fourth-order valence-corrected chi connectivity index (χ4v) is 4.06. The van der Waals surface area contributed by atoms with Gasteiger partial charge in [-0.25, -0.2) is 4.98 Å². The number of pyridine rings is 1. The van der Waals surface area contributed by atoms with Gasteiger partial charge in [-0.2, -0.15) is 0 Å². The number of rotatable bonds is 5. The molecule has 0 aromatic carbocycles. The van der Waals surface area contributed by atoms with Gasteiger partial charge in [-0.3, -0.25) is 9.79 Å². The lowest BCUT2D eigenvalue weighted by atomic mass is 9.88. The summed E-state index contributed by atoms with van der Waals surface area (Å²) >= 11 is 0. The SMILES string of the molecule is CN=C(NCc1cccc(N(C)C)n1)NC1CCN(C(=O)C2CCCCC2)C1. The lowest BCUT2D eigenvalue weighted by Gasteiger charge is -2.26. The Morgan fingerprint density at radius 2 is 2.04 bits per heavy atom. The van der Waals surface area contributed by atoms with Crippen LogP contribution in [0.25, 0.3) is 0 Å². The van der Waals surface area contributed by atoms with Crippen molar-refractivity contribution in [3.05, 3.63) is 23.9 Å². The molecule has 2 aliphatic rings. The number of aromatic nitrogens is 1. The van der Waals surface area contributed by atoms with E-state index in [1.54, 1.807) is 7.05 Å². The fraction of sp³-hybridized carbons (Fsp3) is 0.667. The van der Waals surface area contributed by atoms with E-state index in [4.69, 9.17) is 0 Å². The molecule has 1 aromatic rings. The van der Waals surface area contributed by atoms with E-state index in [0.717, 1.165) is 49.8 Å². The highest BCUT2D eigenvalue weighted by atomic mass is 16.2. The van der Waals surface area contributed by atoms with Crippen molar-refractivity contribution < 1.29 is 4.79 Å². The predicted molar refractivity (Wildman–Crippen MR) is 113 cm³/mol. The van der Waals surface area contributed by atoms with Crippen LogP contribution in [0.1, 0.15) is 44.2 Å². The highest BCUT2D eigenvalue weighted by Gasteiger charge is 2.31. The molecule has 2 N–H and O–H groups in total. The van der Waals surface area contributed by atoms with E-state index in [2.05, 4.69) is 20.6 Å². The van der Waals surface area contributed by atoms with Crippen LogP contribution in [0.15, 0.2) is 23.2 Å². The number of guanidine groups is 1. The molecule has 0 radical (unpaired) electrons. The van der Waals surface area contributed by atoms with Gasteiger partial charge < -0.3 is 20.4 Å². The Kier molecular flexibility index (Phi) is 7.12. The number of amides is 1. The van der Waals surface area contributed by atoms with E-state index in [-0.39, 0.29) is 12.0 Å². The van der Waals surface area contributed by atoms with E-state index < -0.39 is 0 Å². The summed E-state index contributed by atoms with van der Waals surface area (Å²) in [6.45, 7) is 2.22. The number of hydrogen-bond acceptors (Lipinski definition) is 4. The monoisotopic (exact) mass is 386 g/mol. The maximum Gasteiger partial charge on any atom is 0.225 e. The molecule has 0 spiro atoms. The first kappa shape index (κ1) is 20.4. The van der Waals surface area contributed by atoms with Crippen molar-refractivity contribution >= 4 is 17.7 Å². The number of nitrogens with one attached hydrogen (secondary N) is 2. The second-order valence-electron chi connectivity index (χ2n) is 8.06. The Hall–Kier alpha value is -2.31. The molecule has 1 aliphatic carbocycles. The Labute approximate surface area is 168 Å². The number of anilines is 1. The molecule has 7 nitrogen and oxygen atoms in total. The number of carbonyl (C=O) groups is 1. The zero-order chi connectivity index (χ0) is 19.9. The predicted octanol–water partition coefficient (Wildman–Crippen LogP) is 1.99. The molecule has 1 saturated heterocycles. The molecule has 7 heteroatoms. The van der Waals surface area contributed by atoms with E-state index in [0.29, 0.717) is 12.5 Å². The smallest absolute Gasteiger partial charge is 0.225 e. The normalized spacial score (nSPS) is 20.9. The van der Waals surface area contributed by atoms with Crippen molar-refractivity contribution in [1.29, 1.82) is 0 Å². The number of aliphatic imine (C=N–C) groups is 1. The van der Waals surface area contributed by atoms with Crippen LogP contribution in [-0.4, -0.2) is 62.0 Å². The first-order valence-electron chi connectivity index (χ1n) is 10.5. The van der Waals surface area contributed by atoms with Gasteiger partial charge in [0.25, 0.3) is 0 Å². The van der Waals surface area contributed by atoms with E-state index >= 15 is 0 Å². The summed E-state index contributed by atoms with van der Waals surface area (Å²) in [7, 11) is 5.75. The van der Waals surface area contributed by atoms with Gasteiger partial charge in [-0.1, -0.05) is 25.3 Å². The van der Waals surface area contributed by atoms with Gasteiger partial charge in [0.15, 0.2) is 5.96 Å². The van der Waals surface area contributed by atoms with Crippen LogP contribution >= 0.6 is 0 Å². The number of hydrogen-bond donors (Lipinski definition) is 2. The van der Waals surface area contributed by atoms with Crippen molar-refractivity contribution in [2.24, 2.45) is 10.9 Å². The van der Waals surface area contributed by atoms with Crippen LogP contribution in [0.4, 0.5) is 5.82 Å². The number of carbonyl (C=O) groups excluding carboxylic acids is 1. The Morgan fingerprint density at radius 3 is 2.75 bits per heavy atom. The molecule has 1 unspecified atom stereocenters. The fourth-order valence-electron chi connectivity index (χ4n) is 4.06. The summed E-state index contributed by atoms with van der Waals surface area (Å²) in [5.74, 6) is 2.31. The van der Waals surface area contributed by atoms with Gasteiger partial charge in [0.1, 0.15) is 5.82 Å². The second-order valence-corrected chi connectivity index (χ2v) is 8.06. The lowest BCUT2D eigenvalue weighted by Crippen LogP contribution is -2.45. The molecule has 1 aliphatic heterocycles. The molecule has 154 valence electrons. The summed E-state index contributed by atoms with van der Waals surface area (Å²) in [4.78, 5) is 25.7. The summed E-state index contributed by atoms with van der Waals surface area (Å²) in [6.07, 6.45) is 6.78. The zero-order valence-corrected chi connectivity index (χ0v) is 17.4. The topological polar surface area (TPSA) is 72.9 Å². The molecule has 2 fully saturated rings. The average molecular weight is 387 g/mol. The minimum absolute atomic E-state index is 0.250. The minimum Gasteiger partial charge on any atom is -0.363 e. The van der Waals surface area contributed by atoms with Crippen LogP contribution in [-0.2, 0) is 11.3 Å². The van der Waals surface area contributed by atoms with Crippen LogP contribution < -0.4 is 15.5 Å². The number of nitrogens with zero attached hydrogens (tertiary/aromatic N) is 4. The number of likely N-dealkylation sites (tertiary alicyclic amines) is 1. The van der Waals surface area contributed by atoms with Crippen LogP contribution in [0.2, 0.25) is 0 Å². The van der Waals surface area contributed by atoms with Gasteiger partial charge in [0.2, 0.25) is 5.91 Å². The van der Waals surface area contributed by atoms with Crippen molar-refractivity contribution in [3.63, 3.8) is 0 Å². The third-order valence-corrected chi connectivity index (χ3v) is 5.71. The van der Waals surface area contributed by atoms with Gasteiger partial charge in [-0.15, -0.1) is 0 Å². The molecule has 3 rings (SSSR count). The first-order chi connectivity index (χ1) is 13.6. The third-order valence-electron chi connectivity index (χ3n) is 5.71. The highest BCUT2D eigenvalue weighted by molar-refractivity contribution is 5.81. The molecule has 0 bridgehead atoms. The summed E-state index contributed by atoms with van der Waals surface area (Å²) < 4.78 is 0. The molecular weight excluding hydrogens is 352 g/mol. The standard InChI is InChI=1S/C21H34N6O/c1-22-21(23-14-17-10-7-11-19(24-17)26(2)3)25-18-12-13-27(15-18)20(28)16-8-5-4-6-9-16/h7,10-11,16,18H,4-6,8-9,12-15H2,1-3H3,(H2,22,23,25). The van der Waals surface area contributed by atoms with Crippen molar-refractivity contribution in [2.45, 2.75) is 51.1 Å². The quantitative estimate of drug-likeness (QED) is 0.598. The van der Waals surface area contributed by atoms with Gasteiger partial charge in [-0.05, 0) is 31.4 Å². The minimum atomic E-state index is 0.250. The van der Waals surface area contributed by atoms with Crippen LogP contribution in [0.5, 0.6) is 0 Å². The molecule has 2 heterocycles. The summed E-state index contributed by atoms with van der Waals surface area (Å²) in [6, 6.07) is 6.27. The Bertz CT molecular complexity index is 683. The van der Waals surface area contributed by atoms with Gasteiger partial charge in [0.05, 0.1) is 12.2 Å². The average Bonchev–Trinajstić information content (AvgIpc) is 3.20. The third kappa shape index (κ3) is 5.36.